The van der Waals surface area contributed by atoms with E-state index in [-0.39, 0.29) is 6.54 Å². The molecule has 2 atom stereocenters. The lowest BCUT2D eigenvalue weighted by Crippen LogP contribution is -2.54. The third-order valence-corrected chi connectivity index (χ3v) is 6.19. The minimum atomic E-state index is -1.29. The average Bonchev–Trinajstić information content (AvgIpc) is 2.87. The fourth-order valence-corrected chi connectivity index (χ4v) is 4.31. The highest BCUT2D eigenvalue weighted by Crippen LogP contribution is 2.30. The van der Waals surface area contributed by atoms with Gasteiger partial charge >= 0.3 is 6.09 Å². The molecule has 2 unspecified atom stereocenters. The van der Waals surface area contributed by atoms with Crippen molar-refractivity contribution in [3.63, 3.8) is 0 Å². The largest absolute Gasteiger partial charge is 0.497 e. The van der Waals surface area contributed by atoms with Gasteiger partial charge in [-0.3, -0.25) is 9.59 Å². The molecule has 3 amide bonds. The van der Waals surface area contributed by atoms with Gasteiger partial charge in [-0.2, -0.15) is 0 Å². The summed E-state index contributed by atoms with van der Waals surface area (Å²) in [5, 5.41) is 15.5. The van der Waals surface area contributed by atoms with Crippen LogP contribution in [0.5, 0.6) is 5.75 Å². The second-order valence-electron chi connectivity index (χ2n) is 10.5. The van der Waals surface area contributed by atoms with Gasteiger partial charge in [0.25, 0.3) is 5.91 Å². The molecule has 0 aromatic heterocycles. The number of aliphatic hydroxyl groups is 1. The summed E-state index contributed by atoms with van der Waals surface area (Å²) in [7, 11) is 1.56. The number of amides is 3. The smallest absolute Gasteiger partial charge is 0.408 e. The maximum atomic E-state index is 14.0. The summed E-state index contributed by atoms with van der Waals surface area (Å²) in [4.78, 5) is 41.9. The Balaban J connectivity index is 2.53. The molecule has 2 rings (SSSR count). The zero-order valence-corrected chi connectivity index (χ0v) is 24.2. The molecular weight excluding hydrogens is 498 g/mol. The molecule has 0 radical (unpaired) electrons. The van der Waals surface area contributed by atoms with Crippen LogP contribution >= 0.6 is 0 Å². The van der Waals surface area contributed by atoms with E-state index >= 15 is 0 Å². The van der Waals surface area contributed by atoms with E-state index in [1.54, 1.807) is 52.1 Å². The van der Waals surface area contributed by atoms with Crippen LogP contribution in [0, 0.1) is 13.8 Å². The van der Waals surface area contributed by atoms with E-state index in [4.69, 9.17) is 9.47 Å². The number of nitrogens with zero attached hydrogens (tertiary/aromatic N) is 1. The van der Waals surface area contributed by atoms with Crippen molar-refractivity contribution >= 4 is 23.6 Å². The zero-order valence-electron chi connectivity index (χ0n) is 24.2. The Labute approximate surface area is 231 Å². The van der Waals surface area contributed by atoms with E-state index < -0.39 is 42.2 Å². The van der Waals surface area contributed by atoms with Crippen LogP contribution in [0.4, 0.5) is 10.5 Å². The molecule has 9 heteroatoms. The molecule has 0 fully saturated rings. The van der Waals surface area contributed by atoms with Crippen LogP contribution < -0.4 is 15.4 Å². The number of benzene rings is 2. The first-order valence-electron chi connectivity index (χ1n) is 13.3. The second kappa shape index (κ2) is 14.5. The number of rotatable bonds is 12. The number of aliphatic hydroxyl groups excluding tert-OH is 1. The maximum Gasteiger partial charge on any atom is 0.408 e. The normalized spacial score (nSPS) is 12.7. The Bertz CT molecular complexity index is 1090. The summed E-state index contributed by atoms with van der Waals surface area (Å²) in [6.45, 7) is 10.6. The van der Waals surface area contributed by atoms with Gasteiger partial charge in [-0.1, -0.05) is 38.0 Å². The van der Waals surface area contributed by atoms with E-state index in [1.807, 2.05) is 39.0 Å². The Kier molecular flexibility index (Phi) is 11.8. The summed E-state index contributed by atoms with van der Waals surface area (Å²) in [5.74, 6) is -0.331. The van der Waals surface area contributed by atoms with E-state index in [0.717, 1.165) is 24.0 Å². The quantitative estimate of drug-likeness (QED) is 0.329. The molecule has 39 heavy (non-hydrogen) atoms. The van der Waals surface area contributed by atoms with Gasteiger partial charge in [-0.05, 0) is 82.0 Å². The van der Waals surface area contributed by atoms with Crippen molar-refractivity contribution in [1.82, 2.24) is 10.2 Å². The number of nitrogens with one attached hydrogen (secondary N) is 2. The second-order valence-corrected chi connectivity index (χ2v) is 10.5. The molecule has 0 spiro atoms. The molecule has 0 saturated carbocycles. The van der Waals surface area contributed by atoms with Crippen LogP contribution in [-0.2, 0) is 14.3 Å². The molecule has 0 bridgehead atoms. The van der Waals surface area contributed by atoms with Gasteiger partial charge in [0.2, 0.25) is 5.91 Å². The molecule has 0 heterocycles. The van der Waals surface area contributed by atoms with Crippen molar-refractivity contribution in [3.05, 3.63) is 59.2 Å². The zero-order chi connectivity index (χ0) is 29.2. The SMILES string of the molecule is CCCCCN(C(=O)C(CO)NC(=O)OC(C)(C)C)C(C(=O)Nc1ccc(OC)cc1)c1c(C)cccc1C. The topological polar surface area (TPSA) is 117 Å². The van der Waals surface area contributed by atoms with E-state index in [9.17, 15) is 19.5 Å². The van der Waals surface area contributed by atoms with Crippen LogP contribution in [0.15, 0.2) is 42.5 Å². The molecule has 214 valence electrons. The summed E-state index contributed by atoms with van der Waals surface area (Å²) in [6, 6.07) is 10.3. The minimum absolute atomic E-state index is 0.258. The molecule has 0 aliphatic heterocycles. The summed E-state index contributed by atoms with van der Waals surface area (Å²) in [5.41, 5.74) is 2.15. The maximum absolute atomic E-state index is 14.0. The fourth-order valence-electron chi connectivity index (χ4n) is 4.31. The minimum Gasteiger partial charge on any atom is -0.497 e. The highest BCUT2D eigenvalue weighted by Gasteiger charge is 2.37. The van der Waals surface area contributed by atoms with Crippen molar-refractivity contribution in [3.8, 4) is 5.75 Å². The van der Waals surface area contributed by atoms with E-state index in [2.05, 4.69) is 10.6 Å². The Hall–Kier alpha value is -3.59. The van der Waals surface area contributed by atoms with Crippen LogP contribution in [0.25, 0.3) is 0 Å². The highest BCUT2D eigenvalue weighted by atomic mass is 16.6. The van der Waals surface area contributed by atoms with Gasteiger partial charge in [0.1, 0.15) is 23.4 Å². The third kappa shape index (κ3) is 9.28. The number of carbonyl (C=O) groups excluding carboxylic acids is 3. The standard InChI is InChI=1S/C30H43N3O6/c1-8-9-10-18-33(28(36)24(19-34)32-29(37)39-30(4,5)6)26(25-20(2)12-11-13-21(25)3)27(35)31-22-14-16-23(38-7)17-15-22/h11-17,24,26,34H,8-10,18-19H2,1-7H3,(H,31,35)(H,32,37). The van der Waals surface area contributed by atoms with Gasteiger partial charge in [0.05, 0.1) is 13.7 Å². The number of ether oxygens (including phenoxy) is 2. The Morgan fingerprint density at radius 3 is 2.13 bits per heavy atom. The number of hydrogen-bond donors (Lipinski definition) is 3. The summed E-state index contributed by atoms with van der Waals surface area (Å²) < 4.78 is 10.5. The molecule has 2 aromatic carbocycles. The van der Waals surface area contributed by atoms with Gasteiger partial charge < -0.3 is 30.1 Å². The lowest BCUT2D eigenvalue weighted by atomic mass is 9.93. The average molecular weight is 542 g/mol. The van der Waals surface area contributed by atoms with Crippen LogP contribution in [0.2, 0.25) is 0 Å². The third-order valence-electron chi connectivity index (χ3n) is 6.19. The van der Waals surface area contributed by atoms with Gasteiger partial charge in [-0.15, -0.1) is 0 Å². The highest BCUT2D eigenvalue weighted by molar-refractivity contribution is 5.99. The monoisotopic (exact) mass is 541 g/mol. The molecular formula is C30H43N3O6. The molecule has 0 aliphatic rings. The van der Waals surface area contributed by atoms with Crippen molar-refractivity contribution in [2.75, 3.05) is 25.6 Å². The predicted molar refractivity (Wildman–Crippen MR) is 152 cm³/mol. The summed E-state index contributed by atoms with van der Waals surface area (Å²) >= 11 is 0. The number of alkyl carbamates (subject to hydrolysis) is 1. The van der Waals surface area contributed by atoms with Crippen LogP contribution in [-0.4, -0.2) is 59.8 Å². The number of hydrogen-bond acceptors (Lipinski definition) is 6. The van der Waals surface area contributed by atoms with Crippen LogP contribution in [0.3, 0.4) is 0 Å². The number of anilines is 1. The first kappa shape index (κ1) is 31.6. The number of unbranched alkanes of at least 4 members (excludes halogenated alkanes) is 2. The molecule has 3 N–H and O–H groups in total. The summed E-state index contributed by atoms with van der Waals surface area (Å²) in [6.07, 6.45) is 1.57. The van der Waals surface area contributed by atoms with Gasteiger partial charge in [0, 0.05) is 12.2 Å². The molecule has 0 saturated heterocycles. The molecule has 2 aromatic rings. The lowest BCUT2D eigenvalue weighted by Gasteiger charge is -2.35. The van der Waals surface area contributed by atoms with Gasteiger partial charge in [-0.25, -0.2) is 4.79 Å². The molecule has 0 aliphatic carbocycles. The van der Waals surface area contributed by atoms with Crippen LogP contribution in [0.1, 0.15) is 69.7 Å². The Morgan fingerprint density at radius 2 is 1.62 bits per heavy atom. The first-order valence-corrected chi connectivity index (χ1v) is 13.3. The van der Waals surface area contributed by atoms with E-state index in [1.165, 1.54) is 4.90 Å². The number of methoxy groups -OCH3 is 1. The van der Waals surface area contributed by atoms with Crippen molar-refractivity contribution in [2.24, 2.45) is 0 Å². The van der Waals surface area contributed by atoms with E-state index in [0.29, 0.717) is 23.4 Å². The lowest BCUT2D eigenvalue weighted by molar-refractivity contribution is -0.141. The van der Waals surface area contributed by atoms with Crippen molar-refractivity contribution in [2.45, 2.75) is 78.5 Å². The van der Waals surface area contributed by atoms with Crippen molar-refractivity contribution in [1.29, 1.82) is 0 Å². The van der Waals surface area contributed by atoms with Crippen molar-refractivity contribution < 1.29 is 29.0 Å². The van der Waals surface area contributed by atoms with Gasteiger partial charge in [0.15, 0.2) is 0 Å². The predicted octanol–water partition coefficient (Wildman–Crippen LogP) is 4.90. The molecule has 9 nitrogen and oxygen atoms in total. The first-order chi connectivity index (χ1) is 18.4. The Morgan fingerprint density at radius 1 is 1.00 bits per heavy atom. The fraction of sp³-hybridized carbons (Fsp3) is 0.500. The number of carbonyl (C=O) groups is 3. The number of aryl methyl sites for hydroxylation is 2.